The second-order valence-electron chi connectivity index (χ2n) is 10.1. The Morgan fingerprint density at radius 2 is 1.86 bits per heavy atom. The van der Waals surface area contributed by atoms with Crippen LogP contribution in [0.15, 0.2) is 17.0 Å². The van der Waals surface area contributed by atoms with Crippen LogP contribution in [0.25, 0.3) is 21.6 Å². The van der Waals surface area contributed by atoms with Crippen molar-refractivity contribution in [1.82, 2.24) is 30.2 Å². The number of fused-ring (bicyclic) bond motifs is 1. The Labute approximate surface area is 212 Å². The fourth-order valence-electron chi connectivity index (χ4n) is 4.99. The molecule has 1 saturated heterocycles. The Morgan fingerprint density at radius 3 is 2.44 bits per heavy atom. The van der Waals surface area contributed by atoms with E-state index in [0.717, 1.165) is 30.6 Å². The van der Waals surface area contributed by atoms with Crippen LogP contribution in [-0.2, 0) is 10.0 Å². The largest absolute Gasteiger partial charge is 0.367 e. The van der Waals surface area contributed by atoms with Crippen LogP contribution in [0, 0.1) is 6.92 Å². The van der Waals surface area contributed by atoms with Crippen molar-refractivity contribution in [2.75, 3.05) is 18.0 Å². The van der Waals surface area contributed by atoms with E-state index in [0.29, 0.717) is 41.2 Å². The highest BCUT2D eigenvalue weighted by Crippen LogP contribution is 2.39. The van der Waals surface area contributed by atoms with E-state index in [1.807, 2.05) is 6.92 Å². The molecule has 1 aromatic carbocycles. The fraction of sp³-hybridized carbons (Fsp3) is 0.565. The van der Waals surface area contributed by atoms with Gasteiger partial charge < -0.3 is 10.2 Å². The van der Waals surface area contributed by atoms with Crippen molar-refractivity contribution in [3.8, 4) is 10.7 Å². The number of aryl methyl sites for hydroxylation is 1. The van der Waals surface area contributed by atoms with Gasteiger partial charge in [-0.05, 0) is 59.1 Å². The van der Waals surface area contributed by atoms with Crippen molar-refractivity contribution in [2.45, 2.75) is 75.9 Å². The molecule has 36 heavy (non-hydrogen) atoms. The molecule has 2 N–H and O–H groups in total. The zero-order valence-corrected chi connectivity index (χ0v) is 22.2. The summed E-state index contributed by atoms with van der Waals surface area (Å²) in [6, 6.07) is 3.54. The van der Waals surface area contributed by atoms with Gasteiger partial charge in [-0.15, -0.1) is 10.2 Å². The van der Waals surface area contributed by atoms with Crippen LogP contribution in [0.3, 0.4) is 0 Å². The van der Waals surface area contributed by atoms with Gasteiger partial charge in [-0.1, -0.05) is 11.3 Å². The minimum absolute atomic E-state index is 0.0873. The van der Waals surface area contributed by atoms with Gasteiger partial charge >= 0.3 is 0 Å². The third kappa shape index (κ3) is 4.81. The second-order valence-corrected chi connectivity index (χ2v) is 12.8. The molecule has 2 aromatic heterocycles. The Kier molecular flexibility index (Phi) is 6.46. The molecule has 194 valence electrons. The molecule has 2 fully saturated rings. The van der Waals surface area contributed by atoms with E-state index >= 15 is 0 Å². The highest BCUT2D eigenvalue weighted by atomic mass is 32.2. The monoisotopic (exact) mass is 537 g/mol. The first kappa shape index (κ1) is 25.3. The lowest BCUT2D eigenvalue weighted by Crippen LogP contribution is -2.54. The highest BCUT2D eigenvalue weighted by Gasteiger charge is 2.37. The van der Waals surface area contributed by atoms with E-state index in [4.69, 9.17) is 0 Å². The van der Waals surface area contributed by atoms with E-state index in [1.54, 1.807) is 13.0 Å². The molecule has 1 aliphatic carbocycles. The van der Waals surface area contributed by atoms with Gasteiger partial charge in [0.1, 0.15) is 11.5 Å². The van der Waals surface area contributed by atoms with Crippen molar-refractivity contribution < 1.29 is 17.2 Å². The number of hydrogen-bond donors (Lipinski definition) is 2. The number of aromatic nitrogens is 4. The van der Waals surface area contributed by atoms with Crippen LogP contribution >= 0.6 is 11.3 Å². The number of alkyl halides is 2. The lowest BCUT2D eigenvalue weighted by atomic mass is 9.80. The summed E-state index contributed by atoms with van der Waals surface area (Å²) < 4.78 is 56.5. The number of benzene rings is 1. The average molecular weight is 538 g/mol. The predicted octanol–water partition coefficient (Wildman–Crippen LogP) is 3.80. The number of nitrogens with one attached hydrogen (secondary N) is 2. The Hall–Kier alpha value is -2.35. The van der Waals surface area contributed by atoms with Gasteiger partial charge in [0.15, 0.2) is 10.0 Å². The van der Waals surface area contributed by atoms with Crippen molar-refractivity contribution in [2.24, 2.45) is 0 Å². The minimum atomic E-state index is -3.88. The van der Waals surface area contributed by atoms with E-state index in [1.165, 1.54) is 6.07 Å². The summed E-state index contributed by atoms with van der Waals surface area (Å²) in [5.74, 6) is 0.430. The average Bonchev–Trinajstić information content (AvgIpc) is 3.26. The number of nitrogens with zero attached hydrogens (tertiary/aromatic N) is 5. The SMILES string of the molecule is Cc1nc(-c2nnc(C(F)F)s2)c2cc(S(=O)(=O)NC3(C)CCC3)cc(N3C[C@H](C)N[C@@H](C)C3)c2n1. The smallest absolute Gasteiger partial charge is 0.291 e. The summed E-state index contributed by atoms with van der Waals surface area (Å²) in [6.45, 7) is 9.07. The first-order valence-corrected chi connectivity index (χ1v) is 14.2. The minimum Gasteiger partial charge on any atom is -0.367 e. The van der Waals surface area contributed by atoms with Gasteiger partial charge in [-0.25, -0.2) is 31.9 Å². The van der Waals surface area contributed by atoms with Crippen molar-refractivity contribution >= 4 is 38.0 Å². The predicted molar refractivity (Wildman–Crippen MR) is 135 cm³/mol. The van der Waals surface area contributed by atoms with E-state index in [9.17, 15) is 17.2 Å². The number of sulfonamides is 1. The van der Waals surface area contributed by atoms with Crippen LogP contribution < -0.4 is 14.9 Å². The quantitative estimate of drug-likeness (QED) is 0.488. The van der Waals surface area contributed by atoms with Crippen molar-refractivity contribution in [3.05, 3.63) is 23.0 Å². The molecule has 13 heteroatoms. The molecule has 0 unspecified atom stereocenters. The molecule has 1 saturated carbocycles. The molecule has 1 aliphatic heterocycles. The molecule has 5 rings (SSSR count). The van der Waals surface area contributed by atoms with Crippen LogP contribution in [-0.4, -0.2) is 59.3 Å². The fourth-order valence-corrected chi connectivity index (χ4v) is 7.21. The van der Waals surface area contributed by atoms with Gasteiger partial charge in [-0.3, -0.25) is 0 Å². The summed E-state index contributed by atoms with van der Waals surface area (Å²) in [5, 5.41) is 11.3. The molecule has 2 atom stereocenters. The van der Waals surface area contributed by atoms with Gasteiger partial charge in [-0.2, -0.15) is 0 Å². The lowest BCUT2D eigenvalue weighted by Gasteiger charge is -2.39. The van der Waals surface area contributed by atoms with Gasteiger partial charge in [0.05, 0.1) is 16.1 Å². The maximum atomic E-state index is 13.5. The molecule has 0 spiro atoms. The van der Waals surface area contributed by atoms with Gasteiger partial charge in [0.25, 0.3) is 6.43 Å². The zero-order valence-electron chi connectivity index (χ0n) is 20.5. The summed E-state index contributed by atoms with van der Waals surface area (Å²) in [7, 11) is -3.88. The number of hydrogen-bond acceptors (Lipinski definition) is 9. The molecular weight excluding hydrogens is 508 g/mol. The first-order valence-electron chi connectivity index (χ1n) is 11.9. The van der Waals surface area contributed by atoms with Crippen molar-refractivity contribution in [1.29, 1.82) is 0 Å². The van der Waals surface area contributed by atoms with Crippen LogP contribution in [0.1, 0.15) is 57.3 Å². The number of piperazine rings is 1. The Balaban J connectivity index is 1.73. The molecule has 2 aliphatic rings. The third-order valence-electron chi connectivity index (χ3n) is 6.74. The summed E-state index contributed by atoms with van der Waals surface area (Å²) in [6.07, 6.45) is -0.241. The van der Waals surface area contributed by atoms with Gasteiger partial charge in [0.2, 0.25) is 10.0 Å². The van der Waals surface area contributed by atoms with Crippen molar-refractivity contribution in [3.63, 3.8) is 0 Å². The standard InChI is InChI=1S/C23H29F2N7O2S2/c1-12-10-32(11-13(2)26-12)17-9-15(36(33,34)31-23(4)6-5-7-23)8-16-18(17)27-14(3)28-19(16)21-29-30-22(35-21)20(24)25/h8-9,12-13,20,26,31H,5-7,10-11H2,1-4H3/t12-,13-/m0/s1. The molecule has 9 nitrogen and oxygen atoms in total. The van der Waals surface area contributed by atoms with E-state index < -0.39 is 27.0 Å². The Morgan fingerprint density at radius 1 is 1.17 bits per heavy atom. The van der Waals surface area contributed by atoms with E-state index in [-0.39, 0.29) is 22.0 Å². The molecule has 0 bridgehead atoms. The Bertz CT molecular complexity index is 1400. The maximum Gasteiger partial charge on any atom is 0.291 e. The molecule has 3 heterocycles. The second kappa shape index (κ2) is 9.19. The molecular formula is C23H29F2N7O2S2. The normalized spacial score (nSPS) is 22.2. The maximum absolute atomic E-state index is 13.5. The van der Waals surface area contributed by atoms with Gasteiger partial charge in [0, 0.05) is 36.1 Å². The summed E-state index contributed by atoms with van der Waals surface area (Å²) in [5.41, 5.74) is 1.04. The lowest BCUT2D eigenvalue weighted by molar-refractivity contribution is 0.150. The highest BCUT2D eigenvalue weighted by molar-refractivity contribution is 7.89. The molecule has 0 radical (unpaired) electrons. The molecule has 0 amide bonds. The summed E-state index contributed by atoms with van der Waals surface area (Å²) in [4.78, 5) is 11.4. The number of rotatable bonds is 6. The third-order valence-corrected chi connectivity index (χ3v) is 9.30. The van der Waals surface area contributed by atoms with Crippen LogP contribution in [0.2, 0.25) is 0 Å². The van der Waals surface area contributed by atoms with Crippen LogP contribution in [0.5, 0.6) is 0 Å². The zero-order chi connectivity index (χ0) is 25.8. The van der Waals surface area contributed by atoms with Crippen LogP contribution in [0.4, 0.5) is 14.5 Å². The van der Waals surface area contributed by atoms with E-state index in [2.05, 4.69) is 49.0 Å². The topological polar surface area (TPSA) is 113 Å². The first-order chi connectivity index (χ1) is 16.9. The summed E-state index contributed by atoms with van der Waals surface area (Å²) >= 11 is 0.745. The molecule has 3 aromatic rings. The number of halogens is 2. The number of anilines is 1.